The Morgan fingerprint density at radius 1 is 0.853 bits per heavy atom. The number of carbonyl (C=O) groups excluding carboxylic acids is 3. The first-order valence-corrected chi connectivity index (χ1v) is 11.5. The molecule has 0 bridgehead atoms. The van der Waals surface area contributed by atoms with Gasteiger partial charge in [-0.3, -0.25) is 19.7 Å². The number of hydrogen-bond donors (Lipinski definition) is 1. The summed E-state index contributed by atoms with van der Waals surface area (Å²) in [6, 6.07) is 22.3. The smallest absolute Gasteiger partial charge is 0.323 e. The van der Waals surface area contributed by atoms with E-state index in [0.717, 1.165) is 16.0 Å². The second kappa shape index (κ2) is 8.55. The molecule has 5 rings (SSSR count). The third kappa shape index (κ3) is 3.17. The van der Waals surface area contributed by atoms with E-state index in [2.05, 4.69) is 5.32 Å². The Kier molecular flexibility index (Phi) is 5.68. The Bertz CT molecular complexity index is 1220. The third-order valence-corrected chi connectivity index (χ3v) is 7.24. The first kappa shape index (κ1) is 22.6. The fraction of sp³-hybridized carbons (Fsp3) is 0.192. The highest BCUT2D eigenvalue weighted by Crippen LogP contribution is 2.53. The number of amides is 2. The number of nitrogens with zero attached hydrogens (tertiary/aromatic N) is 1. The highest BCUT2D eigenvalue weighted by Gasteiger charge is 2.68. The lowest BCUT2D eigenvalue weighted by atomic mass is 9.72. The summed E-state index contributed by atoms with van der Waals surface area (Å²) in [6.45, 7) is 0. The van der Waals surface area contributed by atoms with Crippen LogP contribution in [0.4, 0.5) is 5.69 Å². The number of rotatable bonds is 4. The second-order valence-corrected chi connectivity index (χ2v) is 9.09. The summed E-state index contributed by atoms with van der Waals surface area (Å²) in [5.41, 5.74) is 0.446. The lowest BCUT2D eigenvalue weighted by Crippen LogP contribution is -2.52. The molecule has 0 saturated carbocycles. The standard InChI is InChI=1S/C26H20Cl2N2O4/c1-34-25(33)21-19-20(24(32)30(23(19)31)22-17(27)13-8-14-18(22)28)26(29-21,15-9-4-2-5-10-15)16-11-6-3-7-12-16/h2-14,19-21,29H,1H3/t19-,20-,21-/m1/s1. The van der Waals surface area contributed by atoms with E-state index in [0.29, 0.717) is 0 Å². The van der Waals surface area contributed by atoms with Crippen molar-refractivity contribution in [3.63, 3.8) is 0 Å². The van der Waals surface area contributed by atoms with Crippen LogP contribution in [-0.4, -0.2) is 30.9 Å². The van der Waals surface area contributed by atoms with Gasteiger partial charge < -0.3 is 4.74 Å². The van der Waals surface area contributed by atoms with Crippen LogP contribution in [0.1, 0.15) is 11.1 Å². The molecule has 1 N–H and O–H groups in total. The second-order valence-electron chi connectivity index (χ2n) is 8.27. The average Bonchev–Trinajstić information content (AvgIpc) is 3.35. The van der Waals surface area contributed by atoms with Crippen molar-refractivity contribution in [3.05, 3.63) is 100 Å². The molecule has 0 spiro atoms. The van der Waals surface area contributed by atoms with Crippen molar-refractivity contribution in [1.29, 1.82) is 0 Å². The SMILES string of the molecule is COC(=O)[C@@H]1NC(c2ccccc2)(c2ccccc2)[C@H]2C(=O)N(c3c(Cl)cccc3Cl)C(=O)[C@@H]12. The molecule has 2 aliphatic rings. The van der Waals surface area contributed by atoms with Gasteiger partial charge in [-0.15, -0.1) is 0 Å². The zero-order valence-electron chi connectivity index (χ0n) is 18.1. The van der Waals surface area contributed by atoms with Gasteiger partial charge in [0.1, 0.15) is 6.04 Å². The van der Waals surface area contributed by atoms with Gasteiger partial charge in [-0.05, 0) is 23.3 Å². The highest BCUT2D eigenvalue weighted by atomic mass is 35.5. The summed E-state index contributed by atoms with van der Waals surface area (Å²) in [4.78, 5) is 41.9. The first-order chi connectivity index (χ1) is 16.4. The molecule has 0 unspecified atom stereocenters. The fourth-order valence-electron chi connectivity index (χ4n) is 5.26. The van der Waals surface area contributed by atoms with Crippen LogP contribution < -0.4 is 10.2 Å². The molecule has 172 valence electrons. The van der Waals surface area contributed by atoms with Gasteiger partial charge >= 0.3 is 5.97 Å². The lowest BCUT2D eigenvalue weighted by Gasteiger charge is -2.36. The number of ether oxygens (including phenoxy) is 1. The molecule has 2 aliphatic heterocycles. The normalized spacial score (nSPS) is 23.1. The van der Waals surface area contributed by atoms with Crippen molar-refractivity contribution < 1.29 is 19.1 Å². The van der Waals surface area contributed by atoms with Crippen molar-refractivity contribution in [3.8, 4) is 0 Å². The van der Waals surface area contributed by atoms with Crippen molar-refractivity contribution in [2.45, 2.75) is 11.6 Å². The molecule has 8 heteroatoms. The van der Waals surface area contributed by atoms with Crippen LogP contribution in [0, 0.1) is 11.8 Å². The Morgan fingerprint density at radius 3 is 1.88 bits per heavy atom. The number of methoxy groups -OCH3 is 1. The van der Waals surface area contributed by atoms with Crippen LogP contribution in [-0.2, 0) is 24.7 Å². The number of anilines is 1. The Balaban J connectivity index is 1.78. The number of hydrogen-bond acceptors (Lipinski definition) is 5. The Labute approximate surface area is 206 Å². The number of nitrogens with one attached hydrogen (secondary N) is 1. The predicted molar refractivity (Wildman–Crippen MR) is 129 cm³/mol. The van der Waals surface area contributed by atoms with E-state index >= 15 is 0 Å². The molecule has 3 aromatic rings. The van der Waals surface area contributed by atoms with Crippen molar-refractivity contribution in [2.24, 2.45) is 11.8 Å². The van der Waals surface area contributed by atoms with Gasteiger partial charge in [-0.25, -0.2) is 4.90 Å². The third-order valence-electron chi connectivity index (χ3n) is 6.63. The molecule has 2 heterocycles. The average molecular weight is 495 g/mol. The van der Waals surface area contributed by atoms with Gasteiger partial charge in [0.2, 0.25) is 11.8 Å². The van der Waals surface area contributed by atoms with Crippen LogP contribution in [0.5, 0.6) is 0 Å². The topological polar surface area (TPSA) is 75.7 Å². The summed E-state index contributed by atoms with van der Waals surface area (Å²) in [5.74, 6) is -3.64. The molecule has 3 aromatic carbocycles. The lowest BCUT2D eigenvalue weighted by molar-refractivity contribution is -0.145. The van der Waals surface area contributed by atoms with Gasteiger partial charge in [0.25, 0.3) is 0 Å². The summed E-state index contributed by atoms with van der Waals surface area (Å²) in [6.07, 6.45) is 0. The van der Waals surface area contributed by atoms with Gasteiger partial charge in [-0.1, -0.05) is 89.9 Å². The maximum absolute atomic E-state index is 14.1. The number of para-hydroxylation sites is 1. The Morgan fingerprint density at radius 2 is 1.38 bits per heavy atom. The molecule has 6 nitrogen and oxygen atoms in total. The van der Waals surface area contributed by atoms with E-state index in [-0.39, 0.29) is 15.7 Å². The maximum Gasteiger partial charge on any atom is 0.323 e. The van der Waals surface area contributed by atoms with Crippen LogP contribution >= 0.6 is 23.2 Å². The minimum atomic E-state index is -1.17. The number of halogens is 2. The molecule has 0 aromatic heterocycles. The summed E-state index contributed by atoms with van der Waals surface area (Å²) in [5, 5.41) is 3.68. The molecule has 2 fully saturated rings. The molecule has 0 radical (unpaired) electrons. The number of benzene rings is 3. The van der Waals surface area contributed by atoms with Crippen molar-refractivity contribution in [2.75, 3.05) is 12.0 Å². The molecular weight excluding hydrogens is 475 g/mol. The van der Waals surface area contributed by atoms with E-state index in [1.807, 2.05) is 60.7 Å². The van der Waals surface area contributed by atoms with Gasteiger partial charge in [0.15, 0.2) is 0 Å². The van der Waals surface area contributed by atoms with Crippen molar-refractivity contribution >= 4 is 46.7 Å². The molecule has 2 amide bonds. The fourth-order valence-corrected chi connectivity index (χ4v) is 5.82. The van der Waals surface area contributed by atoms with Crippen LogP contribution in [0.25, 0.3) is 0 Å². The van der Waals surface area contributed by atoms with Crippen LogP contribution in [0.3, 0.4) is 0 Å². The van der Waals surface area contributed by atoms with Crippen molar-refractivity contribution in [1.82, 2.24) is 5.32 Å². The van der Waals surface area contributed by atoms with Crippen LogP contribution in [0.15, 0.2) is 78.9 Å². The maximum atomic E-state index is 14.1. The summed E-state index contributed by atoms with van der Waals surface area (Å²) < 4.78 is 5.04. The molecule has 2 saturated heterocycles. The summed E-state index contributed by atoms with van der Waals surface area (Å²) in [7, 11) is 1.26. The zero-order valence-corrected chi connectivity index (χ0v) is 19.6. The minimum absolute atomic E-state index is 0.119. The van der Waals surface area contributed by atoms with E-state index in [9.17, 15) is 14.4 Å². The molecule has 34 heavy (non-hydrogen) atoms. The number of carbonyl (C=O) groups is 3. The monoisotopic (exact) mass is 494 g/mol. The van der Waals surface area contributed by atoms with Gasteiger partial charge in [-0.2, -0.15) is 0 Å². The molecular formula is C26H20Cl2N2O4. The highest BCUT2D eigenvalue weighted by molar-refractivity contribution is 6.42. The summed E-state index contributed by atoms with van der Waals surface area (Å²) >= 11 is 12.8. The van der Waals surface area contributed by atoms with E-state index in [4.69, 9.17) is 27.9 Å². The van der Waals surface area contributed by atoms with Gasteiger partial charge in [0, 0.05) is 0 Å². The van der Waals surface area contributed by atoms with E-state index in [1.54, 1.807) is 18.2 Å². The van der Waals surface area contributed by atoms with Crippen LogP contribution in [0.2, 0.25) is 10.0 Å². The van der Waals surface area contributed by atoms with E-state index in [1.165, 1.54) is 7.11 Å². The largest absolute Gasteiger partial charge is 0.468 e. The first-order valence-electron chi connectivity index (χ1n) is 10.7. The quantitative estimate of drug-likeness (QED) is 0.434. The zero-order chi connectivity index (χ0) is 24.0. The van der Waals surface area contributed by atoms with E-state index < -0.39 is 41.2 Å². The number of imide groups is 1. The minimum Gasteiger partial charge on any atom is -0.468 e. The number of fused-ring (bicyclic) bond motifs is 1. The Hall–Kier alpha value is -3.19. The number of esters is 1. The predicted octanol–water partition coefficient (Wildman–Crippen LogP) is 4.19. The van der Waals surface area contributed by atoms with Gasteiger partial charge in [0.05, 0.1) is 40.2 Å². The molecule has 0 aliphatic carbocycles. The molecule has 3 atom stereocenters.